The second-order valence-corrected chi connectivity index (χ2v) is 3.54. The summed E-state index contributed by atoms with van der Waals surface area (Å²) in [6.07, 6.45) is 4.92. The van der Waals surface area contributed by atoms with Gasteiger partial charge in [0.1, 0.15) is 13.2 Å². The third-order valence-corrected chi connectivity index (χ3v) is 2.19. The summed E-state index contributed by atoms with van der Waals surface area (Å²) in [5, 5.41) is 0. The highest BCUT2D eigenvalue weighted by Crippen LogP contribution is 2.23. The van der Waals surface area contributed by atoms with Gasteiger partial charge in [-0.25, -0.2) is 4.98 Å². The van der Waals surface area contributed by atoms with Crippen molar-refractivity contribution < 1.29 is 9.47 Å². The zero-order valence-electron chi connectivity index (χ0n) is 10.2. The molecule has 6 heteroatoms. The van der Waals surface area contributed by atoms with Gasteiger partial charge < -0.3 is 14.0 Å². The van der Waals surface area contributed by atoms with E-state index in [2.05, 4.69) is 28.1 Å². The Labute approximate surface area is 105 Å². The summed E-state index contributed by atoms with van der Waals surface area (Å²) in [7, 11) is 1.85. The van der Waals surface area contributed by atoms with Gasteiger partial charge in [0.05, 0.1) is 6.33 Å². The molecule has 6 nitrogen and oxygen atoms in total. The van der Waals surface area contributed by atoms with Crippen molar-refractivity contribution in [3.05, 3.63) is 31.6 Å². The molecule has 0 spiro atoms. The predicted molar refractivity (Wildman–Crippen MR) is 67.7 cm³/mol. The summed E-state index contributed by atoms with van der Waals surface area (Å²) in [4.78, 5) is 12.5. The Kier molecular flexibility index (Phi) is 3.57. The van der Waals surface area contributed by atoms with Crippen molar-refractivity contribution in [1.29, 1.82) is 0 Å². The van der Waals surface area contributed by atoms with Crippen LogP contribution in [0.2, 0.25) is 0 Å². The number of rotatable bonds is 6. The number of imidazole rings is 1. The summed E-state index contributed by atoms with van der Waals surface area (Å²) < 4.78 is 12.6. The predicted octanol–water partition coefficient (Wildman–Crippen LogP) is 1.49. The fourth-order valence-corrected chi connectivity index (χ4v) is 1.44. The second kappa shape index (κ2) is 5.31. The van der Waals surface area contributed by atoms with Gasteiger partial charge in [-0.2, -0.15) is 9.97 Å². The maximum absolute atomic E-state index is 5.49. The van der Waals surface area contributed by atoms with Crippen LogP contribution in [-0.4, -0.2) is 32.7 Å². The maximum atomic E-state index is 5.49. The zero-order chi connectivity index (χ0) is 13.0. The van der Waals surface area contributed by atoms with E-state index in [1.54, 1.807) is 23.0 Å². The summed E-state index contributed by atoms with van der Waals surface area (Å²) in [6.45, 7) is 7.86. The monoisotopic (exact) mass is 246 g/mol. The Bertz CT molecular complexity index is 577. The van der Waals surface area contributed by atoms with Crippen LogP contribution in [0.3, 0.4) is 0 Å². The molecule has 0 aliphatic heterocycles. The van der Waals surface area contributed by atoms with Crippen molar-refractivity contribution in [2.24, 2.45) is 7.05 Å². The van der Waals surface area contributed by atoms with E-state index in [9.17, 15) is 0 Å². The minimum absolute atomic E-state index is 0.222. The highest BCUT2D eigenvalue weighted by molar-refractivity contribution is 5.76. The number of fused-ring (bicyclic) bond motifs is 1. The number of nitrogens with zero attached hydrogens (tertiary/aromatic N) is 4. The molecular formula is C12H14N4O2. The standard InChI is InChI=1S/C12H14N4O2/c1-4-6-17-11-9-10(13-8-16(9)3)14-12(15-11)18-7-5-2/h4-5,8H,1-2,6-7H2,3H3. The van der Waals surface area contributed by atoms with Gasteiger partial charge >= 0.3 is 6.01 Å². The lowest BCUT2D eigenvalue weighted by Gasteiger charge is -2.07. The Morgan fingerprint density at radius 2 is 1.94 bits per heavy atom. The molecule has 0 aliphatic rings. The van der Waals surface area contributed by atoms with E-state index in [4.69, 9.17) is 9.47 Å². The topological polar surface area (TPSA) is 62.1 Å². The van der Waals surface area contributed by atoms with E-state index in [1.165, 1.54) is 0 Å². The van der Waals surface area contributed by atoms with Crippen LogP contribution in [0, 0.1) is 0 Å². The van der Waals surface area contributed by atoms with Crippen molar-refractivity contribution in [2.45, 2.75) is 0 Å². The normalized spacial score (nSPS) is 10.3. The van der Waals surface area contributed by atoms with Crippen LogP contribution in [0.5, 0.6) is 11.9 Å². The van der Waals surface area contributed by atoms with E-state index in [1.807, 2.05) is 7.05 Å². The molecule has 0 saturated heterocycles. The minimum atomic E-state index is 0.222. The van der Waals surface area contributed by atoms with Gasteiger partial charge in [-0.15, -0.1) is 0 Å². The largest absolute Gasteiger partial charge is 0.472 e. The van der Waals surface area contributed by atoms with Crippen molar-refractivity contribution in [3.63, 3.8) is 0 Å². The van der Waals surface area contributed by atoms with E-state index < -0.39 is 0 Å². The Hall–Kier alpha value is -2.37. The van der Waals surface area contributed by atoms with Crippen LogP contribution in [-0.2, 0) is 7.05 Å². The van der Waals surface area contributed by atoms with Gasteiger partial charge in [0.2, 0.25) is 5.88 Å². The van der Waals surface area contributed by atoms with Gasteiger partial charge in [-0.05, 0) is 0 Å². The fraction of sp³-hybridized carbons (Fsp3) is 0.250. The average molecular weight is 246 g/mol. The maximum Gasteiger partial charge on any atom is 0.322 e. The van der Waals surface area contributed by atoms with Gasteiger partial charge in [-0.3, -0.25) is 0 Å². The van der Waals surface area contributed by atoms with Crippen molar-refractivity contribution in [2.75, 3.05) is 13.2 Å². The zero-order valence-corrected chi connectivity index (χ0v) is 10.2. The molecule has 2 aromatic heterocycles. The molecule has 2 heterocycles. The molecule has 94 valence electrons. The molecule has 0 amide bonds. The van der Waals surface area contributed by atoms with Crippen molar-refractivity contribution >= 4 is 11.2 Å². The SMILES string of the molecule is C=CCOc1nc(OCC=C)c2c(ncn2C)n1. The first kappa shape index (κ1) is 12.1. The van der Waals surface area contributed by atoms with Crippen LogP contribution in [0.1, 0.15) is 0 Å². The summed E-state index contributed by atoms with van der Waals surface area (Å²) in [5.74, 6) is 0.430. The molecule has 0 aliphatic carbocycles. The third kappa shape index (κ3) is 2.32. The molecule has 0 atom stereocenters. The molecule has 0 aromatic carbocycles. The summed E-state index contributed by atoms with van der Waals surface area (Å²) in [6, 6.07) is 0.222. The van der Waals surface area contributed by atoms with E-state index >= 15 is 0 Å². The lowest BCUT2D eigenvalue weighted by Crippen LogP contribution is -2.04. The first-order valence-electron chi connectivity index (χ1n) is 5.42. The lowest BCUT2D eigenvalue weighted by atomic mass is 10.5. The molecule has 2 aromatic rings. The van der Waals surface area contributed by atoms with Crippen molar-refractivity contribution in [1.82, 2.24) is 19.5 Å². The third-order valence-electron chi connectivity index (χ3n) is 2.19. The van der Waals surface area contributed by atoms with E-state index in [0.29, 0.717) is 24.7 Å². The van der Waals surface area contributed by atoms with E-state index in [-0.39, 0.29) is 6.01 Å². The molecule has 0 N–H and O–H groups in total. The van der Waals surface area contributed by atoms with E-state index in [0.717, 1.165) is 5.52 Å². The van der Waals surface area contributed by atoms with Gasteiger partial charge in [0.25, 0.3) is 0 Å². The Morgan fingerprint density at radius 1 is 1.22 bits per heavy atom. The number of aromatic nitrogens is 4. The second-order valence-electron chi connectivity index (χ2n) is 3.54. The molecule has 0 unspecified atom stereocenters. The molecule has 18 heavy (non-hydrogen) atoms. The first-order valence-corrected chi connectivity index (χ1v) is 5.42. The smallest absolute Gasteiger partial charge is 0.322 e. The Balaban J connectivity index is 2.44. The Morgan fingerprint density at radius 3 is 2.67 bits per heavy atom. The van der Waals surface area contributed by atoms with Crippen LogP contribution in [0.15, 0.2) is 31.6 Å². The number of ether oxygens (including phenoxy) is 2. The molecule has 0 fully saturated rings. The first-order chi connectivity index (χ1) is 8.76. The number of hydrogen-bond acceptors (Lipinski definition) is 5. The highest BCUT2D eigenvalue weighted by atomic mass is 16.5. The summed E-state index contributed by atoms with van der Waals surface area (Å²) in [5.41, 5.74) is 1.26. The number of aryl methyl sites for hydroxylation is 1. The average Bonchev–Trinajstić information content (AvgIpc) is 2.75. The minimum Gasteiger partial charge on any atom is -0.472 e. The van der Waals surface area contributed by atoms with Crippen LogP contribution in [0.4, 0.5) is 0 Å². The molecule has 0 radical (unpaired) electrons. The van der Waals surface area contributed by atoms with Gasteiger partial charge in [0.15, 0.2) is 11.2 Å². The van der Waals surface area contributed by atoms with Gasteiger partial charge in [-0.1, -0.05) is 25.3 Å². The molecule has 0 saturated carbocycles. The van der Waals surface area contributed by atoms with Gasteiger partial charge in [0, 0.05) is 7.05 Å². The number of hydrogen-bond donors (Lipinski definition) is 0. The van der Waals surface area contributed by atoms with Crippen LogP contribution < -0.4 is 9.47 Å². The molecular weight excluding hydrogens is 232 g/mol. The molecule has 0 bridgehead atoms. The van der Waals surface area contributed by atoms with Crippen molar-refractivity contribution in [3.8, 4) is 11.9 Å². The lowest BCUT2D eigenvalue weighted by molar-refractivity contribution is 0.311. The van der Waals surface area contributed by atoms with Crippen LogP contribution >= 0.6 is 0 Å². The fourth-order valence-electron chi connectivity index (χ4n) is 1.44. The van der Waals surface area contributed by atoms with Crippen LogP contribution in [0.25, 0.3) is 11.2 Å². The summed E-state index contributed by atoms with van der Waals surface area (Å²) >= 11 is 0. The quantitative estimate of drug-likeness (QED) is 0.723. The molecule has 2 rings (SSSR count). The highest BCUT2D eigenvalue weighted by Gasteiger charge is 2.13.